The number of fused-ring (bicyclic) bond motifs is 1. The van der Waals surface area contributed by atoms with Gasteiger partial charge >= 0.3 is 0 Å². The lowest BCUT2D eigenvalue weighted by molar-refractivity contribution is 0.102. The maximum absolute atomic E-state index is 12.8. The van der Waals surface area contributed by atoms with Gasteiger partial charge in [0.25, 0.3) is 5.91 Å². The van der Waals surface area contributed by atoms with Crippen LogP contribution < -0.4 is 5.32 Å². The minimum Gasteiger partial charge on any atom is -0.305 e. The van der Waals surface area contributed by atoms with Crippen LogP contribution in [-0.2, 0) is 6.54 Å². The van der Waals surface area contributed by atoms with Gasteiger partial charge in [-0.05, 0) is 67.4 Å². The number of benzene rings is 1. The highest BCUT2D eigenvalue weighted by Crippen LogP contribution is 2.26. The fraction of sp³-hybridized carbons (Fsp3) is 0.250. The molecule has 1 amide bonds. The third kappa shape index (κ3) is 4.32. The molecule has 1 aromatic carbocycles. The normalized spacial score (nSPS) is 14.6. The van der Waals surface area contributed by atoms with Crippen molar-refractivity contribution in [3.05, 3.63) is 72.3 Å². The largest absolute Gasteiger partial charge is 0.305 e. The average Bonchev–Trinajstić information content (AvgIpc) is 3.24. The predicted octanol–water partition coefficient (Wildman–Crippen LogP) is 4.26. The molecule has 4 aromatic rings. The lowest BCUT2D eigenvalue weighted by Gasteiger charge is -2.26. The molecule has 0 aliphatic carbocycles. The van der Waals surface area contributed by atoms with E-state index in [-0.39, 0.29) is 5.91 Å². The fourth-order valence-electron chi connectivity index (χ4n) is 4.09. The summed E-state index contributed by atoms with van der Waals surface area (Å²) in [6, 6.07) is 13.5. The molecule has 0 saturated carbocycles. The Kier molecular flexibility index (Phi) is 5.41. The predicted molar refractivity (Wildman–Crippen MR) is 121 cm³/mol. The molecule has 156 valence electrons. The van der Waals surface area contributed by atoms with Crippen molar-refractivity contribution >= 4 is 22.6 Å². The van der Waals surface area contributed by atoms with E-state index in [1.807, 2.05) is 36.7 Å². The van der Waals surface area contributed by atoms with E-state index < -0.39 is 0 Å². The van der Waals surface area contributed by atoms with Gasteiger partial charge in [-0.2, -0.15) is 5.10 Å². The van der Waals surface area contributed by atoms with Gasteiger partial charge in [-0.15, -0.1) is 0 Å². The quantitative estimate of drug-likeness (QED) is 0.511. The Balaban J connectivity index is 1.41. The van der Waals surface area contributed by atoms with Crippen molar-refractivity contribution in [1.82, 2.24) is 25.1 Å². The highest BCUT2D eigenvalue weighted by molar-refractivity contribution is 6.11. The van der Waals surface area contributed by atoms with Crippen molar-refractivity contribution in [1.29, 1.82) is 0 Å². The van der Waals surface area contributed by atoms with E-state index in [0.717, 1.165) is 41.7 Å². The van der Waals surface area contributed by atoms with E-state index in [2.05, 4.69) is 36.4 Å². The molecule has 1 aliphatic rings. The molecule has 3 aromatic heterocycles. The van der Waals surface area contributed by atoms with Gasteiger partial charge in [-0.3, -0.25) is 19.8 Å². The zero-order valence-corrected chi connectivity index (χ0v) is 17.2. The van der Waals surface area contributed by atoms with E-state index in [1.165, 1.54) is 24.8 Å². The number of H-pyrrole nitrogens is 1. The summed E-state index contributed by atoms with van der Waals surface area (Å²) in [6.07, 6.45) is 9.33. The zero-order chi connectivity index (χ0) is 21.0. The van der Waals surface area contributed by atoms with Gasteiger partial charge in [-0.25, -0.2) is 4.98 Å². The highest BCUT2D eigenvalue weighted by Gasteiger charge is 2.16. The number of aromatic amines is 1. The van der Waals surface area contributed by atoms with Gasteiger partial charge in [0.15, 0.2) is 5.69 Å². The van der Waals surface area contributed by atoms with Crippen molar-refractivity contribution < 1.29 is 4.79 Å². The summed E-state index contributed by atoms with van der Waals surface area (Å²) in [5, 5.41) is 10.8. The number of carbonyl (C=O) groups excluding carboxylic acids is 1. The monoisotopic (exact) mass is 412 g/mol. The van der Waals surface area contributed by atoms with Crippen molar-refractivity contribution in [3.63, 3.8) is 0 Å². The summed E-state index contributed by atoms with van der Waals surface area (Å²) in [5.41, 5.74) is 4.41. The SMILES string of the molecule is O=C(Nc1ccccn1)c1n[nH]c2ccc(-c3cncc(CN4CCCCC4)c3)cc12. The Morgan fingerprint density at radius 1 is 1.03 bits per heavy atom. The molecule has 1 aliphatic heterocycles. The summed E-state index contributed by atoms with van der Waals surface area (Å²) < 4.78 is 0. The summed E-state index contributed by atoms with van der Waals surface area (Å²) in [6.45, 7) is 3.23. The van der Waals surface area contributed by atoms with Crippen LogP contribution in [0.4, 0.5) is 5.82 Å². The van der Waals surface area contributed by atoms with Gasteiger partial charge in [0.2, 0.25) is 0 Å². The first kappa shape index (κ1) is 19.4. The number of hydrogen-bond donors (Lipinski definition) is 2. The zero-order valence-electron chi connectivity index (χ0n) is 17.2. The fourth-order valence-corrected chi connectivity index (χ4v) is 4.09. The summed E-state index contributed by atoms with van der Waals surface area (Å²) in [4.78, 5) is 23.9. The lowest BCUT2D eigenvalue weighted by Crippen LogP contribution is -2.29. The Labute approximate surface area is 180 Å². The molecule has 7 heteroatoms. The molecule has 1 fully saturated rings. The van der Waals surface area contributed by atoms with Crippen LogP contribution in [0.2, 0.25) is 0 Å². The number of carbonyl (C=O) groups is 1. The number of likely N-dealkylation sites (tertiary alicyclic amines) is 1. The highest BCUT2D eigenvalue weighted by atomic mass is 16.2. The van der Waals surface area contributed by atoms with Crippen LogP contribution in [-0.4, -0.2) is 44.1 Å². The van der Waals surface area contributed by atoms with Gasteiger partial charge in [0, 0.05) is 36.1 Å². The van der Waals surface area contributed by atoms with Gasteiger partial charge in [-0.1, -0.05) is 18.6 Å². The number of nitrogens with zero attached hydrogens (tertiary/aromatic N) is 4. The van der Waals surface area contributed by atoms with Gasteiger partial charge < -0.3 is 5.32 Å². The number of piperidine rings is 1. The van der Waals surface area contributed by atoms with Crippen LogP contribution in [0.5, 0.6) is 0 Å². The number of aromatic nitrogens is 4. The Bertz CT molecular complexity index is 1200. The molecule has 0 unspecified atom stereocenters. The van der Waals surface area contributed by atoms with Crippen LogP contribution >= 0.6 is 0 Å². The number of anilines is 1. The van der Waals surface area contributed by atoms with Crippen LogP contribution in [0.25, 0.3) is 22.0 Å². The van der Waals surface area contributed by atoms with Crippen molar-refractivity contribution in [2.24, 2.45) is 0 Å². The molecule has 4 heterocycles. The Morgan fingerprint density at radius 2 is 1.94 bits per heavy atom. The number of pyridine rings is 2. The minimum atomic E-state index is -0.293. The van der Waals surface area contributed by atoms with Crippen LogP contribution in [0.3, 0.4) is 0 Å². The van der Waals surface area contributed by atoms with Crippen molar-refractivity contribution in [2.45, 2.75) is 25.8 Å². The summed E-state index contributed by atoms with van der Waals surface area (Å²) >= 11 is 0. The molecule has 5 rings (SSSR count). The third-order valence-corrected chi connectivity index (χ3v) is 5.67. The molecule has 0 spiro atoms. The maximum Gasteiger partial charge on any atom is 0.277 e. The smallest absolute Gasteiger partial charge is 0.277 e. The Morgan fingerprint density at radius 3 is 2.77 bits per heavy atom. The summed E-state index contributed by atoms with van der Waals surface area (Å²) in [5.74, 6) is 0.202. The molecule has 7 nitrogen and oxygen atoms in total. The lowest BCUT2D eigenvalue weighted by atomic mass is 10.0. The molecule has 0 radical (unpaired) electrons. The topological polar surface area (TPSA) is 86.8 Å². The Hall–Kier alpha value is -3.58. The first-order chi connectivity index (χ1) is 15.3. The van der Waals surface area contributed by atoms with Crippen molar-refractivity contribution in [3.8, 4) is 11.1 Å². The molecule has 31 heavy (non-hydrogen) atoms. The first-order valence-corrected chi connectivity index (χ1v) is 10.6. The third-order valence-electron chi connectivity index (χ3n) is 5.67. The van der Waals surface area contributed by atoms with Gasteiger partial charge in [0.05, 0.1) is 5.52 Å². The average molecular weight is 412 g/mol. The minimum absolute atomic E-state index is 0.293. The second-order valence-corrected chi connectivity index (χ2v) is 7.92. The van der Waals surface area contributed by atoms with E-state index in [9.17, 15) is 4.79 Å². The summed E-state index contributed by atoms with van der Waals surface area (Å²) in [7, 11) is 0. The number of hydrogen-bond acceptors (Lipinski definition) is 5. The van der Waals surface area contributed by atoms with E-state index in [0.29, 0.717) is 11.5 Å². The number of rotatable bonds is 5. The second kappa shape index (κ2) is 8.65. The van der Waals surface area contributed by atoms with Crippen LogP contribution in [0.1, 0.15) is 35.3 Å². The standard InChI is InChI=1S/C24H24N6O/c31-24(27-22-6-2-3-9-26-22)23-20-13-18(7-8-21(20)28-29-23)19-12-17(14-25-15-19)16-30-10-4-1-5-11-30/h2-3,6-9,12-15H,1,4-5,10-11,16H2,(H,28,29)(H,26,27,31). The van der Waals surface area contributed by atoms with E-state index in [4.69, 9.17) is 0 Å². The molecule has 1 saturated heterocycles. The van der Waals surface area contributed by atoms with Gasteiger partial charge in [0.1, 0.15) is 5.82 Å². The molecule has 0 atom stereocenters. The second-order valence-electron chi connectivity index (χ2n) is 7.92. The molecular formula is C24H24N6O. The first-order valence-electron chi connectivity index (χ1n) is 10.6. The number of amides is 1. The maximum atomic E-state index is 12.8. The number of nitrogens with one attached hydrogen (secondary N) is 2. The van der Waals surface area contributed by atoms with Crippen molar-refractivity contribution in [2.75, 3.05) is 18.4 Å². The van der Waals surface area contributed by atoms with E-state index in [1.54, 1.807) is 18.3 Å². The molecule has 2 N–H and O–H groups in total. The molecular weight excluding hydrogens is 388 g/mol. The molecule has 0 bridgehead atoms. The van der Waals surface area contributed by atoms with Crippen LogP contribution in [0, 0.1) is 0 Å². The van der Waals surface area contributed by atoms with E-state index >= 15 is 0 Å². The van der Waals surface area contributed by atoms with Crippen LogP contribution in [0.15, 0.2) is 61.1 Å².